The van der Waals surface area contributed by atoms with Crippen LogP contribution in [0.4, 0.5) is 0 Å². The SMILES string of the molecule is CC(C)C(C)(Cl)N=NC(C)(C1CCCCC1)C1CCCCC1. The Labute approximate surface area is 142 Å². The topological polar surface area (TPSA) is 24.7 Å². The fourth-order valence-electron chi connectivity index (χ4n) is 4.19. The molecule has 0 saturated heterocycles. The molecule has 0 radical (unpaired) electrons. The largest absolute Gasteiger partial charge is 0.185 e. The number of alkyl halides is 1. The van der Waals surface area contributed by atoms with Crippen LogP contribution in [-0.4, -0.2) is 10.5 Å². The van der Waals surface area contributed by atoms with Crippen molar-refractivity contribution >= 4 is 11.6 Å². The summed E-state index contributed by atoms with van der Waals surface area (Å²) in [5, 5.41) is 9.66. The van der Waals surface area contributed by atoms with E-state index in [0.29, 0.717) is 17.8 Å². The van der Waals surface area contributed by atoms with Gasteiger partial charge in [-0.1, -0.05) is 64.0 Å². The molecule has 2 aliphatic rings. The molecule has 2 aliphatic carbocycles. The van der Waals surface area contributed by atoms with Gasteiger partial charge in [-0.25, -0.2) is 0 Å². The normalized spacial score (nSPS) is 25.7. The van der Waals surface area contributed by atoms with E-state index in [4.69, 9.17) is 16.7 Å². The van der Waals surface area contributed by atoms with Crippen molar-refractivity contribution in [3.05, 3.63) is 0 Å². The third-order valence-electron chi connectivity index (χ3n) is 6.38. The van der Waals surface area contributed by atoms with Crippen LogP contribution >= 0.6 is 11.6 Å². The summed E-state index contributed by atoms with van der Waals surface area (Å²) in [6, 6.07) is 0. The maximum atomic E-state index is 6.59. The van der Waals surface area contributed by atoms with Crippen molar-refractivity contribution in [2.45, 2.75) is 102 Å². The van der Waals surface area contributed by atoms with Gasteiger partial charge in [0.1, 0.15) is 0 Å². The fourth-order valence-corrected chi connectivity index (χ4v) is 4.23. The second kappa shape index (κ2) is 7.64. The highest BCUT2D eigenvalue weighted by Crippen LogP contribution is 2.46. The van der Waals surface area contributed by atoms with Crippen molar-refractivity contribution in [3.8, 4) is 0 Å². The summed E-state index contributed by atoms with van der Waals surface area (Å²) in [5.74, 6) is 1.71. The number of halogens is 1. The van der Waals surface area contributed by atoms with Crippen LogP contribution in [0.25, 0.3) is 0 Å². The fraction of sp³-hybridized carbons (Fsp3) is 1.00. The van der Waals surface area contributed by atoms with Gasteiger partial charge in [-0.05, 0) is 57.3 Å². The van der Waals surface area contributed by atoms with Crippen LogP contribution in [0.5, 0.6) is 0 Å². The minimum atomic E-state index is -0.565. The summed E-state index contributed by atoms with van der Waals surface area (Å²) < 4.78 is 0. The molecule has 0 aromatic carbocycles. The van der Waals surface area contributed by atoms with Crippen molar-refractivity contribution in [3.63, 3.8) is 0 Å². The van der Waals surface area contributed by atoms with Gasteiger partial charge in [0, 0.05) is 0 Å². The Bertz CT molecular complexity index is 346. The summed E-state index contributed by atoms with van der Waals surface area (Å²) in [6.07, 6.45) is 13.6. The predicted octanol–water partition coefficient (Wildman–Crippen LogP) is 6.97. The minimum Gasteiger partial charge on any atom is -0.185 e. The molecule has 0 heterocycles. The van der Waals surface area contributed by atoms with E-state index in [-0.39, 0.29) is 5.54 Å². The molecular formula is C19H35ClN2. The summed E-state index contributed by atoms with van der Waals surface area (Å²) in [4.78, 5) is -0.565. The van der Waals surface area contributed by atoms with Crippen molar-refractivity contribution < 1.29 is 0 Å². The molecule has 1 unspecified atom stereocenters. The molecule has 2 rings (SSSR count). The van der Waals surface area contributed by atoms with Gasteiger partial charge < -0.3 is 0 Å². The van der Waals surface area contributed by atoms with Crippen LogP contribution in [-0.2, 0) is 0 Å². The first kappa shape index (κ1) is 18.2. The zero-order valence-electron chi connectivity index (χ0n) is 15.1. The average Bonchev–Trinajstić information content (AvgIpc) is 2.54. The maximum Gasteiger partial charge on any atom is 0.154 e. The zero-order valence-corrected chi connectivity index (χ0v) is 15.8. The van der Waals surface area contributed by atoms with Crippen LogP contribution in [0, 0.1) is 17.8 Å². The maximum absolute atomic E-state index is 6.59. The van der Waals surface area contributed by atoms with Gasteiger partial charge >= 0.3 is 0 Å². The Morgan fingerprint density at radius 2 is 1.18 bits per heavy atom. The molecule has 2 saturated carbocycles. The van der Waals surface area contributed by atoms with Crippen molar-refractivity contribution in [2.75, 3.05) is 0 Å². The molecular weight excluding hydrogens is 292 g/mol. The molecule has 2 fully saturated rings. The van der Waals surface area contributed by atoms with E-state index in [2.05, 4.69) is 25.9 Å². The summed E-state index contributed by atoms with van der Waals surface area (Å²) in [7, 11) is 0. The third-order valence-corrected chi connectivity index (χ3v) is 6.89. The van der Waals surface area contributed by atoms with Gasteiger partial charge in [-0.3, -0.25) is 0 Å². The number of hydrogen-bond acceptors (Lipinski definition) is 2. The Morgan fingerprint density at radius 3 is 1.55 bits per heavy atom. The zero-order chi connectivity index (χ0) is 16.2. The van der Waals surface area contributed by atoms with Crippen LogP contribution < -0.4 is 0 Å². The van der Waals surface area contributed by atoms with E-state index in [9.17, 15) is 0 Å². The molecule has 0 amide bonds. The summed E-state index contributed by atoms with van der Waals surface area (Å²) >= 11 is 6.59. The number of hydrogen-bond donors (Lipinski definition) is 0. The van der Waals surface area contributed by atoms with E-state index in [1.807, 2.05) is 6.92 Å². The summed E-state index contributed by atoms with van der Waals surface area (Å²) in [6.45, 7) is 8.65. The molecule has 0 aliphatic heterocycles. The Morgan fingerprint density at radius 1 is 0.773 bits per heavy atom. The van der Waals surface area contributed by atoms with Crippen LogP contribution in [0.2, 0.25) is 0 Å². The molecule has 0 aromatic heterocycles. The van der Waals surface area contributed by atoms with Crippen molar-refractivity contribution in [1.29, 1.82) is 0 Å². The molecule has 128 valence electrons. The molecule has 0 N–H and O–H groups in total. The first-order valence-corrected chi connectivity index (χ1v) is 9.87. The number of rotatable bonds is 5. The molecule has 1 atom stereocenters. The van der Waals surface area contributed by atoms with E-state index in [1.54, 1.807) is 0 Å². The van der Waals surface area contributed by atoms with Gasteiger partial charge in [0.2, 0.25) is 0 Å². The Kier molecular flexibility index (Phi) is 6.33. The first-order valence-electron chi connectivity index (χ1n) is 9.49. The highest BCUT2D eigenvalue weighted by molar-refractivity contribution is 6.23. The highest BCUT2D eigenvalue weighted by Gasteiger charge is 2.43. The van der Waals surface area contributed by atoms with Crippen molar-refractivity contribution in [1.82, 2.24) is 0 Å². The van der Waals surface area contributed by atoms with E-state index in [1.165, 1.54) is 64.2 Å². The average molecular weight is 327 g/mol. The second-order valence-corrected chi connectivity index (χ2v) is 9.04. The lowest BCUT2D eigenvalue weighted by Gasteiger charge is -2.43. The highest BCUT2D eigenvalue weighted by atomic mass is 35.5. The van der Waals surface area contributed by atoms with Crippen LogP contribution in [0.3, 0.4) is 0 Å². The second-order valence-electron chi connectivity index (χ2n) is 8.27. The van der Waals surface area contributed by atoms with Gasteiger partial charge in [-0.15, -0.1) is 0 Å². The Hall–Kier alpha value is -0.110. The molecule has 3 heteroatoms. The van der Waals surface area contributed by atoms with Gasteiger partial charge in [0.15, 0.2) is 5.00 Å². The lowest BCUT2D eigenvalue weighted by Crippen LogP contribution is -2.43. The molecule has 22 heavy (non-hydrogen) atoms. The molecule has 0 aromatic rings. The predicted molar refractivity (Wildman–Crippen MR) is 95.5 cm³/mol. The van der Waals surface area contributed by atoms with Crippen LogP contribution in [0.1, 0.15) is 91.9 Å². The lowest BCUT2D eigenvalue weighted by molar-refractivity contribution is 0.114. The van der Waals surface area contributed by atoms with Gasteiger partial charge in [0.25, 0.3) is 0 Å². The van der Waals surface area contributed by atoms with Gasteiger partial charge in [-0.2, -0.15) is 10.2 Å². The van der Waals surface area contributed by atoms with Crippen LogP contribution in [0.15, 0.2) is 10.2 Å². The monoisotopic (exact) mass is 326 g/mol. The Balaban J connectivity index is 2.21. The lowest BCUT2D eigenvalue weighted by atomic mass is 9.65. The number of nitrogens with zero attached hydrogens (tertiary/aromatic N) is 2. The molecule has 0 spiro atoms. The quantitative estimate of drug-likeness (QED) is 0.296. The summed E-state index contributed by atoms with van der Waals surface area (Å²) in [5.41, 5.74) is 0.00583. The standard InChI is InChI=1S/C19H35ClN2/c1-15(2)19(4,20)22-21-18(3,16-11-7-5-8-12-16)17-13-9-6-10-14-17/h15-17H,5-14H2,1-4H3. The van der Waals surface area contributed by atoms with E-state index in [0.717, 1.165) is 0 Å². The van der Waals surface area contributed by atoms with Gasteiger partial charge in [0.05, 0.1) is 5.54 Å². The molecule has 2 nitrogen and oxygen atoms in total. The molecule has 0 bridgehead atoms. The first-order chi connectivity index (χ1) is 10.4. The third kappa shape index (κ3) is 4.24. The minimum absolute atomic E-state index is 0.00583. The smallest absolute Gasteiger partial charge is 0.154 e. The van der Waals surface area contributed by atoms with E-state index < -0.39 is 5.00 Å². The van der Waals surface area contributed by atoms with E-state index >= 15 is 0 Å². The number of azo groups is 1. The van der Waals surface area contributed by atoms with Crippen molar-refractivity contribution in [2.24, 2.45) is 28.0 Å².